The number of nitrogens with one attached hydrogen (secondary N) is 1. The molecule has 1 saturated carbocycles. The van der Waals surface area contributed by atoms with Crippen LogP contribution >= 0.6 is 15.9 Å². The molecule has 0 bridgehead atoms. The third-order valence-corrected chi connectivity index (χ3v) is 3.30. The van der Waals surface area contributed by atoms with E-state index in [1.54, 1.807) is 0 Å². The van der Waals surface area contributed by atoms with Gasteiger partial charge in [-0.3, -0.25) is 4.79 Å². The Labute approximate surface area is 93.7 Å². The fraction of sp³-hybridized carbons (Fsp3) is 0.300. The molecule has 1 aliphatic carbocycles. The number of carbonyl (C=O) groups is 1. The van der Waals surface area contributed by atoms with E-state index in [0.29, 0.717) is 28.8 Å². The largest absolute Gasteiger partial charge is 0.475 e. The molecule has 5 heteroatoms. The van der Waals surface area contributed by atoms with Gasteiger partial charge in [-0.25, -0.2) is 4.39 Å². The highest BCUT2D eigenvalue weighted by Gasteiger charge is 2.55. The number of anilines is 1. The van der Waals surface area contributed by atoms with Crippen LogP contribution in [0.5, 0.6) is 5.75 Å². The zero-order valence-electron chi connectivity index (χ0n) is 7.64. The van der Waals surface area contributed by atoms with Crippen molar-refractivity contribution in [2.75, 3.05) is 5.32 Å². The highest BCUT2D eigenvalue weighted by atomic mass is 79.9. The van der Waals surface area contributed by atoms with Gasteiger partial charge in [-0.1, -0.05) is 0 Å². The van der Waals surface area contributed by atoms with Gasteiger partial charge in [0.1, 0.15) is 11.6 Å². The Bertz CT molecular complexity index is 471. The molecule has 0 aromatic heterocycles. The molecule has 0 saturated heterocycles. The first kappa shape index (κ1) is 9.15. The van der Waals surface area contributed by atoms with E-state index in [2.05, 4.69) is 21.2 Å². The zero-order valence-corrected chi connectivity index (χ0v) is 9.23. The van der Waals surface area contributed by atoms with E-state index in [1.807, 2.05) is 0 Å². The minimum absolute atomic E-state index is 0.131. The number of hydrogen-bond acceptors (Lipinski definition) is 2. The first-order valence-electron chi connectivity index (χ1n) is 4.60. The number of fused-ring (bicyclic) bond motifs is 1. The maximum Gasteiger partial charge on any atom is 0.268 e. The summed E-state index contributed by atoms with van der Waals surface area (Å²) < 4.78 is 19.1. The summed E-state index contributed by atoms with van der Waals surface area (Å²) in [5.41, 5.74) is -0.196. The van der Waals surface area contributed by atoms with Gasteiger partial charge < -0.3 is 10.1 Å². The number of ether oxygens (including phenoxy) is 1. The topological polar surface area (TPSA) is 38.3 Å². The Morgan fingerprint density at radius 1 is 1.47 bits per heavy atom. The summed E-state index contributed by atoms with van der Waals surface area (Å²) in [6.45, 7) is 0. The quantitative estimate of drug-likeness (QED) is 0.787. The van der Waals surface area contributed by atoms with Crippen molar-refractivity contribution in [2.24, 2.45) is 0 Å². The normalized spacial score (nSPS) is 20.5. The van der Waals surface area contributed by atoms with Crippen molar-refractivity contribution in [3.8, 4) is 5.75 Å². The molecular formula is C10H7BrFNO2. The summed E-state index contributed by atoms with van der Waals surface area (Å²) in [5.74, 6) is -0.109. The lowest BCUT2D eigenvalue weighted by Crippen LogP contribution is -2.39. The molecule has 1 aromatic rings. The Kier molecular flexibility index (Phi) is 1.66. The molecule has 1 N–H and O–H groups in total. The standard InChI is InChI=1S/C10H7BrFNO2/c11-5-3-7-8(4-6(5)12)15-10(1-2-10)9(14)13-7/h3-4H,1-2H2,(H,13,14). The van der Waals surface area contributed by atoms with Crippen molar-refractivity contribution in [3.05, 3.63) is 22.4 Å². The second kappa shape index (κ2) is 2.72. The number of amides is 1. The third kappa shape index (κ3) is 1.26. The number of carbonyl (C=O) groups excluding carboxylic acids is 1. The summed E-state index contributed by atoms with van der Waals surface area (Å²) in [7, 11) is 0. The average Bonchev–Trinajstić information content (AvgIpc) is 2.93. The molecule has 1 fully saturated rings. The second-order valence-electron chi connectivity index (χ2n) is 3.81. The highest BCUT2D eigenvalue weighted by molar-refractivity contribution is 9.10. The molecule has 2 aliphatic rings. The Morgan fingerprint density at radius 3 is 2.87 bits per heavy atom. The summed E-state index contributed by atoms with van der Waals surface area (Å²) in [4.78, 5) is 11.6. The van der Waals surface area contributed by atoms with Crippen LogP contribution in [-0.4, -0.2) is 11.5 Å². The van der Waals surface area contributed by atoms with Crippen LogP contribution in [0.25, 0.3) is 0 Å². The highest BCUT2D eigenvalue weighted by Crippen LogP contribution is 2.47. The van der Waals surface area contributed by atoms with E-state index in [9.17, 15) is 9.18 Å². The Morgan fingerprint density at radius 2 is 2.20 bits per heavy atom. The van der Waals surface area contributed by atoms with Crippen molar-refractivity contribution in [2.45, 2.75) is 18.4 Å². The van der Waals surface area contributed by atoms with Crippen molar-refractivity contribution >= 4 is 27.5 Å². The molecule has 3 rings (SSSR count). The summed E-state index contributed by atoms with van der Waals surface area (Å²) in [6.07, 6.45) is 1.41. The summed E-state index contributed by atoms with van der Waals surface area (Å²) >= 11 is 3.06. The minimum Gasteiger partial charge on any atom is -0.475 e. The number of hydrogen-bond donors (Lipinski definition) is 1. The SMILES string of the molecule is O=C1Nc2cc(Br)c(F)cc2OC12CC2. The van der Waals surface area contributed by atoms with Gasteiger partial charge in [-0.2, -0.15) is 0 Å². The third-order valence-electron chi connectivity index (χ3n) is 2.69. The van der Waals surface area contributed by atoms with Gasteiger partial charge in [0.2, 0.25) is 0 Å². The van der Waals surface area contributed by atoms with Crippen LogP contribution in [0, 0.1) is 5.82 Å². The molecule has 78 valence electrons. The summed E-state index contributed by atoms with van der Waals surface area (Å²) in [5, 5.41) is 2.72. The lowest BCUT2D eigenvalue weighted by atomic mass is 10.2. The molecular weight excluding hydrogens is 265 g/mol. The lowest BCUT2D eigenvalue weighted by molar-refractivity contribution is -0.125. The first-order valence-corrected chi connectivity index (χ1v) is 5.40. The van der Waals surface area contributed by atoms with Crippen LogP contribution < -0.4 is 10.1 Å². The average molecular weight is 272 g/mol. The van der Waals surface area contributed by atoms with E-state index in [1.165, 1.54) is 12.1 Å². The molecule has 15 heavy (non-hydrogen) atoms. The van der Waals surface area contributed by atoms with Crippen molar-refractivity contribution in [3.63, 3.8) is 0 Å². The van der Waals surface area contributed by atoms with E-state index in [0.717, 1.165) is 0 Å². The van der Waals surface area contributed by atoms with Gasteiger partial charge in [0.15, 0.2) is 5.60 Å². The molecule has 0 unspecified atom stereocenters. The lowest BCUT2D eigenvalue weighted by Gasteiger charge is -2.25. The number of benzene rings is 1. The Balaban J connectivity index is 2.09. The molecule has 0 atom stereocenters. The molecule has 1 aromatic carbocycles. The van der Waals surface area contributed by atoms with Gasteiger partial charge in [-0.05, 0) is 22.0 Å². The maximum absolute atomic E-state index is 13.2. The predicted octanol–water partition coefficient (Wildman–Crippen LogP) is 2.45. The minimum atomic E-state index is -0.715. The molecule has 1 heterocycles. The zero-order chi connectivity index (χ0) is 10.6. The first-order chi connectivity index (χ1) is 7.11. The van der Waals surface area contributed by atoms with E-state index < -0.39 is 5.60 Å². The van der Waals surface area contributed by atoms with Gasteiger partial charge >= 0.3 is 0 Å². The van der Waals surface area contributed by atoms with Crippen LogP contribution in [0.4, 0.5) is 10.1 Å². The smallest absolute Gasteiger partial charge is 0.268 e. The van der Waals surface area contributed by atoms with E-state index in [4.69, 9.17) is 4.74 Å². The number of halogens is 2. The fourth-order valence-corrected chi connectivity index (χ4v) is 1.99. The van der Waals surface area contributed by atoms with Crippen LogP contribution in [-0.2, 0) is 4.79 Å². The second-order valence-corrected chi connectivity index (χ2v) is 4.67. The van der Waals surface area contributed by atoms with E-state index >= 15 is 0 Å². The van der Waals surface area contributed by atoms with Crippen LogP contribution in [0.2, 0.25) is 0 Å². The van der Waals surface area contributed by atoms with Gasteiger partial charge in [0.05, 0.1) is 10.2 Å². The van der Waals surface area contributed by atoms with Crippen molar-refractivity contribution in [1.29, 1.82) is 0 Å². The molecule has 0 radical (unpaired) electrons. The maximum atomic E-state index is 13.2. The Hall–Kier alpha value is -1.10. The van der Waals surface area contributed by atoms with E-state index in [-0.39, 0.29) is 11.7 Å². The van der Waals surface area contributed by atoms with Crippen LogP contribution in [0.1, 0.15) is 12.8 Å². The van der Waals surface area contributed by atoms with Gasteiger partial charge in [0, 0.05) is 18.9 Å². The van der Waals surface area contributed by atoms with Crippen molar-refractivity contribution < 1.29 is 13.9 Å². The van der Waals surface area contributed by atoms with Crippen LogP contribution in [0.3, 0.4) is 0 Å². The monoisotopic (exact) mass is 271 g/mol. The fourth-order valence-electron chi connectivity index (χ4n) is 1.65. The molecule has 1 aliphatic heterocycles. The van der Waals surface area contributed by atoms with Crippen LogP contribution in [0.15, 0.2) is 16.6 Å². The molecule has 1 spiro atoms. The predicted molar refractivity (Wildman–Crippen MR) is 55.3 cm³/mol. The van der Waals surface area contributed by atoms with Gasteiger partial charge in [-0.15, -0.1) is 0 Å². The molecule has 3 nitrogen and oxygen atoms in total. The van der Waals surface area contributed by atoms with Gasteiger partial charge in [0.25, 0.3) is 5.91 Å². The molecule has 1 amide bonds. The van der Waals surface area contributed by atoms with Crippen molar-refractivity contribution in [1.82, 2.24) is 0 Å². The summed E-state index contributed by atoms with van der Waals surface area (Å²) in [6, 6.07) is 2.80. The number of rotatable bonds is 0.